The number of aliphatic hydroxyl groups excluding tert-OH is 3. The molecule has 0 aliphatic carbocycles. The quantitative estimate of drug-likeness (QED) is 0.326. The molecule has 0 aliphatic rings. The zero-order valence-electron chi connectivity index (χ0n) is 17.4. The van der Waals surface area contributed by atoms with Gasteiger partial charge in [0.1, 0.15) is 6.10 Å². The van der Waals surface area contributed by atoms with Gasteiger partial charge in [-0.2, -0.15) is 0 Å². The number of rotatable bonds is 13. The van der Waals surface area contributed by atoms with Gasteiger partial charge >= 0.3 is 5.97 Å². The minimum absolute atomic E-state index is 0.181. The first kappa shape index (κ1) is 26.5. The van der Waals surface area contributed by atoms with E-state index in [0.29, 0.717) is 6.42 Å². The molecular weight excluding hydrogens is 358 g/mol. The second kappa shape index (κ2) is 15.5. The van der Waals surface area contributed by atoms with Gasteiger partial charge in [0.05, 0.1) is 18.8 Å². The summed E-state index contributed by atoms with van der Waals surface area (Å²) < 4.78 is 0. The molecule has 1 atom stereocenters. The van der Waals surface area contributed by atoms with Gasteiger partial charge in [0.15, 0.2) is 0 Å². The van der Waals surface area contributed by atoms with Crippen molar-refractivity contribution in [3.05, 3.63) is 35.4 Å². The molecule has 0 saturated heterocycles. The van der Waals surface area contributed by atoms with E-state index < -0.39 is 17.6 Å². The van der Waals surface area contributed by atoms with Crippen LogP contribution < -0.4 is 5.73 Å². The lowest BCUT2D eigenvalue weighted by Crippen LogP contribution is -2.47. The minimum Gasteiger partial charge on any atom is -0.479 e. The van der Waals surface area contributed by atoms with Gasteiger partial charge in [0, 0.05) is 0 Å². The number of benzene rings is 1. The second-order valence-corrected chi connectivity index (χ2v) is 7.53. The van der Waals surface area contributed by atoms with Crippen molar-refractivity contribution in [1.82, 2.24) is 0 Å². The monoisotopic (exact) mass is 397 g/mol. The molecule has 0 amide bonds. The summed E-state index contributed by atoms with van der Waals surface area (Å²) in [5.74, 6) is -1.19. The molecule has 0 radical (unpaired) electrons. The molecule has 0 bridgehead atoms. The van der Waals surface area contributed by atoms with E-state index in [1.165, 1.54) is 56.6 Å². The number of carboxylic acids is 1. The van der Waals surface area contributed by atoms with Crippen LogP contribution in [-0.2, 0) is 17.6 Å². The highest BCUT2D eigenvalue weighted by Crippen LogP contribution is 2.14. The topological polar surface area (TPSA) is 124 Å². The van der Waals surface area contributed by atoms with Crippen LogP contribution in [0.1, 0.15) is 69.9 Å². The summed E-state index contributed by atoms with van der Waals surface area (Å²) in [4.78, 5) is 9.45. The summed E-state index contributed by atoms with van der Waals surface area (Å²) in [7, 11) is 0. The number of unbranched alkanes of at least 4 members (excludes halogenated alkanes) is 5. The number of carboxylic acid groups (broad SMARTS) is 1. The molecule has 6 nitrogen and oxygen atoms in total. The fourth-order valence-electron chi connectivity index (χ4n) is 2.58. The lowest BCUT2D eigenvalue weighted by Gasteiger charge is -2.24. The Balaban J connectivity index is 0.00000105. The number of carbonyl (C=O) groups is 1. The van der Waals surface area contributed by atoms with Crippen LogP contribution in [0.3, 0.4) is 0 Å². The highest BCUT2D eigenvalue weighted by molar-refractivity contribution is 5.71. The molecule has 0 fully saturated rings. The minimum atomic E-state index is -1.23. The molecule has 1 rings (SSSR count). The lowest BCUT2D eigenvalue weighted by atomic mass is 9.93. The van der Waals surface area contributed by atoms with Crippen molar-refractivity contribution in [3.8, 4) is 0 Å². The Labute approximate surface area is 169 Å². The highest BCUT2D eigenvalue weighted by Gasteiger charge is 2.22. The average molecular weight is 398 g/mol. The Morgan fingerprint density at radius 1 is 0.964 bits per heavy atom. The maximum atomic E-state index is 9.45. The summed E-state index contributed by atoms with van der Waals surface area (Å²) in [6.45, 7) is 3.08. The van der Waals surface area contributed by atoms with E-state index in [9.17, 15) is 15.0 Å². The van der Waals surface area contributed by atoms with Crippen LogP contribution in [0.2, 0.25) is 0 Å². The summed E-state index contributed by atoms with van der Waals surface area (Å²) >= 11 is 0. The number of aliphatic hydroxyl groups is 3. The van der Waals surface area contributed by atoms with Crippen LogP contribution in [0.4, 0.5) is 0 Å². The van der Waals surface area contributed by atoms with Crippen LogP contribution in [0.25, 0.3) is 0 Å². The van der Waals surface area contributed by atoms with E-state index in [-0.39, 0.29) is 13.2 Å². The van der Waals surface area contributed by atoms with Crippen molar-refractivity contribution in [2.45, 2.75) is 83.3 Å². The van der Waals surface area contributed by atoms with E-state index in [1.807, 2.05) is 0 Å². The molecule has 6 N–H and O–H groups in total. The van der Waals surface area contributed by atoms with Crippen molar-refractivity contribution in [1.29, 1.82) is 0 Å². The molecule has 0 aromatic heterocycles. The number of aliphatic carboxylic acids is 1. The van der Waals surface area contributed by atoms with Gasteiger partial charge in [-0.05, 0) is 43.7 Å². The van der Waals surface area contributed by atoms with E-state index in [1.54, 1.807) is 0 Å². The van der Waals surface area contributed by atoms with Gasteiger partial charge in [0.2, 0.25) is 0 Å². The fourth-order valence-corrected chi connectivity index (χ4v) is 2.58. The highest BCUT2D eigenvalue weighted by atomic mass is 16.4. The maximum absolute atomic E-state index is 9.45. The molecule has 6 heteroatoms. The first-order valence-corrected chi connectivity index (χ1v) is 10.3. The van der Waals surface area contributed by atoms with Crippen molar-refractivity contribution in [3.63, 3.8) is 0 Å². The Morgan fingerprint density at radius 2 is 1.39 bits per heavy atom. The first-order valence-electron chi connectivity index (χ1n) is 10.3. The molecule has 0 saturated carbocycles. The van der Waals surface area contributed by atoms with Crippen LogP contribution >= 0.6 is 0 Å². The third kappa shape index (κ3) is 12.8. The Hall–Kier alpha value is -1.47. The summed E-state index contributed by atoms with van der Waals surface area (Å²) in [6, 6.07) is 8.66. The average Bonchev–Trinajstić information content (AvgIpc) is 2.70. The number of hydrogen-bond donors (Lipinski definition) is 5. The van der Waals surface area contributed by atoms with Crippen LogP contribution in [0, 0.1) is 0 Å². The Morgan fingerprint density at radius 3 is 1.82 bits per heavy atom. The molecule has 0 aliphatic heterocycles. The number of aryl methyl sites for hydroxylation is 2. The summed E-state index contributed by atoms with van der Waals surface area (Å²) in [6.07, 6.45) is 9.28. The normalized spacial score (nSPS) is 12.2. The van der Waals surface area contributed by atoms with Gasteiger partial charge in [-0.1, -0.05) is 63.3 Å². The standard InChI is InChI=1S/C19H33NO2.C3H6O3/c1-2-3-4-5-6-7-8-17-9-11-18(12-10-17)13-14-19(20,15-21)16-22;1-2(4)3(5)6/h9-12,21-22H,2-8,13-16,20H2,1H3;2,4H,1H3,(H,5,6). The van der Waals surface area contributed by atoms with Gasteiger partial charge in [-0.25, -0.2) is 4.79 Å². The molecule has 1 aromatic carbocycles. The first-order chi connectivity index (χ1) is 13.3. The molecule has 1 aromatic rings. The zero-order chi connectivity index (χ0) is 21.4. The predicted molar refractivity (Wildman–Crippen MR) is 112 cm³/mol. The van der Waals surface area contributed by atoms with Gasteiger partial charge < -0.3 is 26.2 Å². The largest absolute Gasteiger partial charge is 0.479 e. The molecule has 1 unspecified atom stereocenters. The molecule has 0 heterocycles. The fraction of sp³-hybridized carbons (Fsp3) is 0.682. The van der Waals surface area contributed by atoms with Gasteiger partial charge in [0.25, 0.3) is 0 Å². The molecule has 0 spiro atoms. The van der Waals surface area contributed by atoms with E-state index in [4.69, 9.17) is 15.9 Å². The van der Waals surface area contributed by atoms with Crippen LogP contribution in [0.15, 0.2) is 24.3 Å². The van der Waals surface area contributed by atoms with E-state index in [2.05, 4.69) is 31.2 Å². The van der Waals surface area contributed by atoms with Gasteiger partial charge in [-0.3, -0.25) is 0 Å². The number of nitrogens with two attached hydrogens (primary N) is 1. The predicted octanol–water partition coefficient (Wildman–Crippen LogP) is 2.66. The van der Waals surface area contributed by atoms with Crippen molar-refractivity contribution in [2.24, 2.45) is 5.73 Å². The second-order valence-electron chi connectivity index (χ2n) is 7.53. The molecule has 28 heavy (non-hydrogen) atoms. The van der Waals surface area contributed by atoms with Crippen molar-refractivity contribution >= 4 is 5.97 Å². The zero-order valence-corrected chi connectivity index (χ0v) is 17.4. The van der Waals surface area contributed by atoms with E-state index >= 15 is 0 Å². The van der Waals surface area contributed by atoms with Crippen LogP contribution in [-0.4, -0.2) is 51.3 Å². The number of hydrogen-bond acceptors (Lipinski definition) is 5. The van der Waals surface area contributed by atoms with Crippen molar-refractivity contribution < 1.29 is 25.2 Å². The third-order valence-corrected chi connectivity index (χ3v) is 4.74. The SMILES string of the molecule is CC(O)C(=O)O.CCCCCCCCc1ccc(CCC(N)(CO)CO)cc1. The Bertz CT molecular complexity index is 512. The third-order valence-electron chi connectivity index (χ3n) is 4.74. The van der Waals surface area contributed by atoms with E-state index in [0.717, 1.165) is 12.8 Å². The smallest absolute Gasteiger partial charge is 0.332 e. The molecular formula is C22H39NO5. The summed E-state index contributed by atoms with van der Waals surface area (Å²) in [5, 5.41) is 34.2. The Kier molecular flexibility index (Phi) is 14.6. The van der Waals surface area contributed by atoms with Crippen LogP contribution in [0.5, 0.6) is 0 Å². The maximum Gasteiger partial charge on any atom is 0.332 e. The van der Waals surface area contributed by atoms with Crippen molar-refractivity contribution in [2.75, 3.05) is 13.2 Å². The molecule has 162 valence electrons. The summed E-state index contributed by atoms with van der Waals surface area (Å²) in [5.41, 5.74) is 7.63. The van der Waals surface area contributed by atoms with Gasteiger partial charge in [-0.15, -0.1) is 0 Å². The lowest BCUT2D eigenvalue weighted by molar-refractivity contribution is -0.145.